The molecule has 0 radical (unpaired) electrons. The highest BCUT2D eigenvalue weighted by Gasteiger charge is 2.12. The van der Waals surface area contributed by atoms with Gasteiger partial charge in [-0.15, -0.1) is 21.8 Å². The molecule has 5 heteroatoms. The van der Waals surface area contributed by atoms with Gasteiger partial charge in [-0.05, 0) is 31.2 Å². The molecule has 90 valence electrons. The van der Waals surface area contributed by atoms with Gasteiger partial charge >= 0.3 is 0 Å². The highest BCUT2D eigenvalue weighted by Crippen LogP contribution is 2.16. The van der Waals surface area contributed by atoms with Crippen LogP contribution in [0.4, 0.5) is 0 Å². The zero-order valence-electron chi connectivity index (χ0n) is 9.73. The fourth-order valence-electron chi connectivity index (χ4n) is 1.80. The van der Waals surface area contributed by atoms with Gasteiger partial charge in [-0.2, -0.15) is 0 Å². The van der Waals surface area contributed by atoms with Gasteiger partial charge in [0, 0.05) is 12.1 Å². The van der Waals surface area contributed by atoms with E-state index in [9.17, 15) is 0 Å². The molecule has 2 aromatic rings. The van der Waals surface area contributed by atoms with Crippen LogP contribution in [0.5, 0.6) is 0 Å². The van der Waals surface area contributed by atoms with Crippen LogP contribution in [0, 0.1) is 6.92 Å². The monoisotopic (exact) mass is 250 g/mol. The predicted octanol–water partition coefficient (Wildman–Crippen LogP) is 1.82. The van der Waals surface area contributed by atoms with Crippen LogP contribution in [0.1, 0.15) is 17.2 Å². The zero-order chi connectivity index (χ0) is 12.3. The Morgan fingerprint density at radius 2 is 2.06 bits per heavy atom. The standard InChI is InChI=1S/C12H15ClN4/c1-9-3-2-4-10(7-9)17-11(5-6-14)15-16-12(17)8-13/h2-4,7H,5-6,8,14H2,1H3. The number of benzene rings is 1. The fourth-order valence-corrected chi connectivity index (χ4v) is 1.97. The van der Waals surface area contributed by atoms with Gasteiger partial charge in [0.2, 0.25) is 0 Å². The van der Waals surface area contributed by atoms with Crippen molar-refractivity contribution in [3.63, 3.8) is 0 Å². The van der Waals surface area contributed by atoms with Gasteiger partial charge in [-0.25, -0.2) is 0 Å². The van der Waals surface area contributed by atoms with E-state index in [0.717, 1.165) is 17.3 Å². The Hall–Kier alpha value is -1.39. The average molecular weight is 251 g/mol. The van der Waals surface area contributed by atoms with Gasteiger partial charge in [0.1, 0.15) is 5.82 Å². The molecule has 0 aliphatic heterocycles. The highest BCUT2D eigenvalue weighted by molar-refractivity contribution is 6.16. The molecular formula is C12H15ClN4. The number of aryl methyl sites for hydroxylation is 1. The molecular weight excluding hydrogens is 236 g/mol. The van der Waals surface area contributed by atoms with Gasteiger partial charge in [0.25, 0.3) is 0 Å². The van der Waals surface area contributed by atoms with Crippen LogP contribution < -0.4 is 5.73 Å². The molecule has 0 unspecified atom stereocenters. The van der Waals surface area contributed by atoms with E-state index in [1.54, 1.807) is 0 Å². The number of hydrogen-bond donors (Lipinski definition) is 1. The summed E-state index contributed by atoms with van der Waals surface area (Å²) < 4.78 is 1.98. The lowest BCUT2D eigenvalue weighted by molar-refractivity contribution is 0.821. The minimum Gasteiger partial charge on any atom is -0.330 e. The van der Waals surface area contributed by atoms with Crippen LogP contribution in [0.2, 0.25) is 0 Å². The molecule has 17 heavy (non-hydrogen) atoms. The van der Waals surface area contributed by atoms with E-state index in [1.165, 1.54) is 5.56 Å². The first-order valence-electron chi connectivity index (χ1n) is 5.52. The minimum absolute atomic E-state index is 0.339. The molecule has 0 spiro atoms. The van der Waals surface area contributed by atoms with Crippen LogP contribution in [0.3, 0.4) is 0 Å². The van der Waals surface area contributed by atoms with Gasteiger partial charge in [0.05, 0.1) is 5.88 Å². The predicted molar refractivity (Wildman–Crippen MR) is 68.4 cm³/mol. The molecule has 0 atom stereocenters. The lowest BCUT2D eigenvalue weighted by Crippen LogP contribution is -2.10. The van der Waals surface area contributed by atoms with E-state index < -0.39 is 0 Å². The number of alkyl halides is 1. The number of hydrogen-bond acceptors (Lipinski definition) is 3. The molecule has 0 aliphatic carbocycles. The molecule has 0 bridgehead atoms. The first kappa shape index (κ1) is 12.1. The van der Waals surface area contributed by atoms with Crippen LogP contribution in [0.15, 0.2) is 24.3 Å². The van der Waals surface area contributed by atoms with E-state index in [2.05, 4.69) is 29.3 Å². The van der Waals surface area contributed by atoms with Crippen molar-refractivity contribution in [1.82, 2.24) is 14.8 Å². The fraction of sp³-hybridized carbons (Fsp3) is 0.333. The summed E-state index contributed by atoms with van der Waals surface area (Å²) in [6.45, 7) is 2.60. The molecule has 0 saturated heterocycles. The van der Waals surface area contributed by atoms with Gasteiger partial charge < -0.3 is 5.73 Å². The summed E-state index contributed by atoms with van der Waals surface area (Å²) in [6.07, 6.45) is 0.692. The number of rotatable bonds is 4. The van der Waals surface area contributed by atoms with Crippen molar-refractivity contribution in [2.75, 3.05) is 6.54 Å². The van der Waals surface area contributed by atoms with E-state index >= 15 is 0 Å². The summed E-state index contributed by atoms with van der Waals surface area (Å²) in [4.78, 5) is 0. The maximum Gasteiger partial charge on any atom is 0.152 e. The van der Waals surface area contributed by atoms with Crippen molar-refractivity contribution in [2.45, 2.75) is 19.2 Å². The Bertz CT molecular complexity index is 507. The Morgan fingerprint density at radius 3 is 2.71 bits per heavy atom. The van der Waals surface area contributed by atoms with E-state index in [4.69, 9.17) is 17.3 Å². The maximum absolute atomic E-state index is 5.88. The Balaban J connectivity index is 2.51. The second kappa shape index (κ2) is 5.29. The van der Waals surface area contributed by atoms with Crippen LogP contribution in [0.25, 0.3) is 5.69 Å². The summed E-state index contributed by atoms with van der Waals surface area (Å²) in [5, 5.41) is 8.22. The molecule has 0 saturated carbocycles. The van der Waals surface area contributed by atoms with Gasteiger partial charge in [-0.1, -0.05) is 12.1 Å². The summed E-state index contributed by atoms with van der Waals surface area (Å²) in [5.74, 6) is 1.94. The third-order valence-electron chi connectivity index (χ3n) is 2.54. The highest BCUT2D eigenvalue weighted by atomic mass is 35.5. The average Bonchev–Trinajstić information content (AvgIpc) is 2.72. The molecule has 2 N–H and O–H groups in total. The molecule has 0 fully saturated rings. The molecule has 1 aromatic carbocycles. The SMILES string of the molecule is Cc1cccc(-n2c(CCl)nnc2CCN)c1. The number of halogens is 1. The summed E-state index contributed by atoms with van der Waals surface area (Å²) in [6, 6.07) is 8.16. The third-order valence-corrected chi connectivity index (χ3v) is 2.78. The Labute approximate surface area is 105 Å². The molecule has 2 rings (SSSR count). The minimum atomic E-state index is 0.339. The van der Waals surface area contributed by atoms with Crippen LogP contribution in [-0.2, 0) is 12.3 Å². The van der Waals surface area contributed by atoms with Crippen LogP contribution >= 0.6 is 11.6 Å². The Morgan fingerprint density at radius 1 is 1.29 bits per heavy atom. The van der Waals surface area contributed by atoms with E-state index in [0.29, 0.717) is 18.8 Å². The smallest absolute Gasteiger partial charge is 0.152 e. The molecule has 0 amide bonds. The number of nitrogens with zero attached hydrogens (tertiary/aromatic N) is 3. The zero-order valence-corrected chi connectivity index (χ0v) is 10.5. The van der Waals surface area contributed by atoms with E-state index in [1.807, 2.05) is 16.7 Å². The largest absolute Gasteiger partial charge is 0.330 e. The molecule has 0 aliphatic rings. The normalized spacial score (nSPS) is 10.8. The topological polar surface area (TPSA) is 56.7 Å². The van der Waals surface area contributed by atoms with Crippen molar-refractivity contribution in [2.24, 2.45) is 5.73 Å². The number of aromatic nitrogens is 3. The van der Waals surface area contributed by atoms with E-state index in [-0.39, 0.29) is 0 Å². The van der Waals surface area contributed by atoms with Gasteiger partial charge in [-0.3, -0.25) is 4.57 Å². The van der Waals surface area contributed by atoms with Crippen molar-refractivity contribution < 1.29 is 0 Å². The first-order valence-corrected chi connectivity index (χ1v) is 6.06. The first-order chi connectivity index (χ1) is 8.26. The summed E-state index contributed by atoms with van der Waals surface area (Å²) in [5.41, 5.74) is 7.80. The van der Waals surface area contributed by atoms with Crippen molar-refractivity contribution >= 4 is 11.6 Å². The quantitative estimate of drug-likeness (QED) is 0.842. The third kappa shape index (κ3) is 2.48. The van der Waals surface area contributed by atoms with Gasteiger partial charge in [0.15, 0.2) is 5.82 Å². The van der Waals surface area contributed by atoms with Crippen LogP contribution in [-0.4, -0.2) is 21.3 Å². The van der Waals surface area contributed by atoms with Crippen molar-refractivity contribution in [1.29, 1.82) is 0 Å². The molecule has 1 aromatic heterocycles. The summed E-state index contributed by atoms with van der Waals surface area (Å²) in [7, 11) is 0. The lowest BCUT2D eigenvalue weighted by atomic mass is 10.2. The summed E-state index contributed by atoms with van der Waals surface area (Å²) >= 11 is 5.88. The van der Waals surface area contributed by atoms with Crippen molar-refractivity contribution in [3.05, 3.63) is 41.5 Å². The molecule has 1 heterocycles. The second-order valence-electron chi connectivity index (χ2n) is 3.88. The maximum atomic E-state index is 5.88. The number of nitrogens with two attached hydrogens (primary N) is 1. The molecule has 4 nitrogen and oxygen atoms in total. The second-order valence-corrected chi connectivity index (χ2v) is 4.15. The Kier molecular flexibility index (Phi) is 3.76. The van der Waals surface area contributed by atoms with Crippen molar-refractivity contribution in [3.8, 4) is 5.69 Å². The lowest BCUT2D eigenvalue weighted by Gasteiger charge is -2.09.